The minimum Gasteiger partial charge on any atom is -0.341 e. The van der Waals surface area contributed by atoms with Crippen LogP contribution in [0.4, 0.5) is 4.39 Å². The van der Waals surface area contributed by atoms with Crippen LogP contribution < -0.4 is 0 Å². The first kappa shape index (κ1) is 12.7. The van der Waals surface area contributed by atoms with Gasteiger partial charge in [-0.05, 0) is 12.5 Å². The molecule has 0 fully saturated rings. The molecule has 1 aromatic carbocycles. The van der Waals surface area contributed by atoms with Crippen molar-refractivity contribution in [3.8, 4) is 0 Å². The van der Waals surface area contributed by atoms with Crippen molar-refractivity contribution >= 4 is 5.91 Å². The Kier molecular flexibility index (Phi) is 4.96. The molecule has 2 nitrogen and oxygen atoms in total. The van der Waals surface area contributed by atoms with Crippen LogP contribution in [0.2, 0.25) is 0 Å². The monoisotopic (exact) mass is 223 g/mol. The van der Waals surface area contributed by atoms with Gasteiger partial charge in [-0.25, -0.2) is 4.39 Å². The number of hydrogen-bond donors (Lipinski definition) is 0. The maximum Gasteiger partial charge on any atom is 0.222 e. The zero-order chi connectivity index (χ0) is 12.0. The van der Waals surface area contributed by atoms with Gasteiger partial charge in [-0.15, -0.1) is 0 Å². The van der Waals surface area contributed by atoms with E-state index in [1.54, 1.807) is 30.1 Å². The number of hydrogen-bond acceptors (Lipinski definition) is 1. The smallest absolute Gasteiger partial charge is 0.222 e. The lowest BCUT2D eigenvalue weighted by atomic mass is 10.2. The quantitative estimate of drug-likeness (QED) is 0.751. The zero-order valence-corrected chi connectivity index (χ0v) is 9.87. The van der Waals surface area contributed by atoms with Crippen LogP contribution in [-0.2, 0) is 11.3 Å². The maximum atomic E-state index is 13.3. The first-order valence-corrected chi connectivity index (χ1v) is 5.62. The molecular weight excluding hydrogens is 205 g/mol. The van der Waals surface area contributed by atoms with E-state index < -0.39 is 0 Å². The molecule has 16 heavy (non-hydrogen) atoms. The number of rotatable bonds is 5. The second-order valence-corrected chi connectivity index (χ2v) is 3.94. The molecule has 0 N–H and O–H groups in total. The highest BCUT2D eigenvalue weighted by atomic mass is 19.1. The highest BCUT2D eigenvalue weighted by Gasteiger charge is 2.10. The van der Waals surface area contributed by atoms with Gasteiger partial charge in [0.2, 0.25) is 5.91 Å². The van der Waals surface area contributed by atoms with Gasteiger partial charge in [0.25, 0.3) is 0 Å². The molecule has 0 heterocycles. The molecule has 0 saturated carbocycles. The van der Waals surface area contributed by atoms with E-state index in [1.165, 1.54) is 6.07 Å². The first-order valence-electron chi connectivity index (χ1n) is 5.62. The van der Waals surface area contributed by atoms with E-state index >= 15 is 0 Å². The van der Waals surface area contributed by atoms with Crippen LogP contribution in [-0.4, -0.2) is 17.9 Å². The molecule has 0 aromatic heterocycles. The van der Waals surface area contributed by atoms with Crippen LogP contribution in [0, 0.1) is 5.82 Å². The fourth-order valence-corrected chi connectivity index (χ4v) is 1.49. The number of unbranched alkanes of at least 4 members (excludes halogenated alkanes) is 1. The minimum atomic E-state index is -0.252. The zero-order valence-electron chi connectivity index (χ0n) is 9.87. The summed E-state index contributed by atoms with van der Waals surface area (Å²) < 4.78 is 13.3. The molecule has 3 heteroatoms. The fourth-order valence-electron chi connectivity index (χ4n) is 1.49. The summed E-state index contributed by atoms with van der Waals surface area (Å²) in [4.78, 5) is 13.2. The Morgan fingerprint density at radius 1 is 1.38 bits per heavy atom. The van der Waals surface area contributed by atoms with Crippen molar-refractivity contribution in [3.05, 3.63) is 35.6 Å². The SMILES string of the molecule is CCCCC(=O)N(C)Cc1ccccc1F. The topological polar surface area (TPSA) is 20.3 Å². The molecule has 0 unspecified atom stereocenters. The molecule has 1 aromatic rings. The van der Waals surface area contributed by atoms with E-state index in [9.17, 15) is 9.18 Å². The van der Waals surface area contributed by atoms with Crippen molar-refractivity contribution < 1.29 is 9.18 Å². The van der Waals surface area contributed by atoms with Gasteiger partial charge in [0, 0.05) is 25.6 Å². The van der Waals surface area contributed by atoms with E-state index in [2.05, 4.69) is 0 Å². The fraction of sp³-hybridized carbons (Fsp3) is 0.462. The Morgan fingerprint density at radius 2 is 2.06 bits per heavy atom. The van der Waals surface area contributed by atoms with Crippen LogP contribution in [0.5, 0.6) is 0 Å². The summed E-state index contributed by atoms with van der Waals surface area (Å²) in [5.74, 6) is -0.178. The summed E-state index contributed by atoms with van der Waals surface area (Å²) in [6, 6.07) is 6.55. The van der Waals surface area contributed by atoms with Crippen molar-refractivity contribution in [2.75, 3.05) is 7.05 Å². The van der Waals surface area contributed by atoms with Crippen LogP contribution in [0.3, 0.4) is 0 Å². The molecule has 0 radical (unpaired) electrons. The third-order valence-corrected chi connectivity index (χ3v) is 2.54. The van der Waals surface area contributed by atoms with Crippen molar-refractivity contribution in [2.45, 2.75) is 32.7 Å². The van der Waals surface area contributed by atoms with Crippen LogP contribution in [0.15, 0.2) is 24.3 Å². The normalized spacial score (nSPS) is 10.2. The van der Waals surface area contributed by atoms with Crippen molar-refractivity contribution in [1.82, 2.24) is 4.90 Å². The summed E-state index contributed by atoms with van der Waals surface area (Å²) in [5.41, 5.74) is 0.565. The first-order chi connectivity index (χ1) is 7.65. The van der Waals surface area contributed by atoms with Gasteiger partial charge in [0.15, 0.2) is 0 Å². The lowest BCUT2D eigenvalue weighted by molar-refractivity contribution is -0.130. The average molecular weight is 223 g/mol. The maximum absolute atomic E-state index is 13.3. The summed E-state index contributed by atoms with van der Waals surface area (Å²) >= 11 is 0. The molecule has 0 saturated heterocycles. The van der Waals surface area contributed by atoms with Gasteiger partial charge in [-0.3, -0.25) is 4.79 Å². The van der Waals surface area contributed by atoms with Crippen LogP contribution in [0.1, 0.15) is 31.7 Å². The molecule has 0 aliphatic heterocycles. The second-order valence-electron chi connectivity index (χ2n) is 3.94. The summed E-state index contributed by atoms with van der Waals surface area (Å²) in [5, 5.41) is 0. The van der Waals surface area contributed by atoms with Crippen LogP contribution in [0.25, 0.3) is 0 Å². The van der Waals surface area contributed by atoms with E-state index in [4.69, 9.17) is 0 Å². The Balaban J connectivity index is 2.54. The van der Waals surface area contributed by atoms with Gasteiger partial charge in [0.1, 0.15) is 5.82 Å². The molecule has 0 spiro atoms. The summed E-state index contributed by atoms with van der Waals surface area (Å²) in [7, 11) is 1.71. The minimum absolute atomic E-state index is 0.0742. The lowest BCUT2D eigenvalue weighted by Gasteiger charge is -2.17. The standard InChI is InChI=1S/C13H18FNO/c1-3-4-9-13(16)15(2)10-11-7-5-6-8-12(11)14/h5-8H,3-4,9-10H2,1-2H3. The number of nitrogens with zero attached hydrogens (tertiary/aromatic N) is 1. The largest absolute Gasteiger partial charge is 0.341 e. The third-order valence-electron chi connectivity index (χ3n) is 2.54. The van der Waals surface area contributed by atoms with E-state index in [0.717, 1.165) is 12.8 Å². The van der Waals surface area contributed by atoms with Gasteiger partial charge in [-0.1, -0.05) is 31.5 Å². The Hall–Kier alpha value is -1.38. The number of carbonyl (C=O) groups is 1. The predicted molar refractivity (Wildman–Crippen MR) is 62.4 cm³/mol. The highest BCUT2D eigenvalue weighted by molar-refractivity contribution is 5.75. The second kappa shape index (κ2) is 6.26. The molecule has 0 atom stereocenters. The third kappa shape index (κ3) is 3.65. The van der Waals surface area contributed by atoms with E-state index in [0.29, 0.717) is 18.5 Å². The molecule has 1 rings (SSSR count). The summed E-state index contributed by atoms with van der Waals surface area (Å²) in [6.45, 7) is 2.39. The van der Waals surface area contributed by atoms with Gasteiger partial charge in [0.05, 0.1) is 0 Å². The number of benzene rings is 1. The molecular formula is C13H18FNO. The van der Waals surface area contributed by atoms with E-state index in [1.807, 2.05) is 6.92 Å². The van der Waals surface area contributed by atoms with Crippen LogP contribution >= 0.6 is 0 Å². The Bertz CT molecular complexity index is 352. The van der Waals surface area contributed by atoms with Crippen molar-refractivity contribution in [2.24, 2.45) is 0 Å². The highest BCUT2D eigenvalue weighted by Crippen LogP contribution is 2.10. The predicted octanol–water partition coefficient (Wildman–Crippen LogP) is 2.97. The lowest BCUT2D eigenvalue weighted by Crippen LogP contribution is -2.26. The molecule has 88 valence electrons. The average Bonchev–Trinajstić information content (AvgIpc) is 2.28. The molecule has 0 bridgehead atoms. The van der Waals surface area contributed by atoms with Gasteiger partial charge < -0.3 is 4.90 Å². The van der Waals surface area contributed by atoms with Gasteiger partial charge in [-0.2, -0.15) is 0 Å². The van der Waals surface area contributed by atoms with Crippen molar-refractivity contribution in [1.29, 1.82) is 0 Å². The number of halogens is 1. The Morgan fingerprint density at radius 3 is 2.69 bits per heavy atom. The van der Waals surface area contributed by atoms with E-state index in [-0.39, 0.29) is 11.7 Å². The molecule has 0 aliphatic carbocycles. The van der Waals surface area contributed by atoms with Crippen molar-refractivity contribution in [3.63, 3.8) is 0 Å². The number of carbonyl (C=O) groups excluding carboxylic acids is 1. The molecule has 1 amide bonds. The van der Waals surface area contributed by atoms with Gasteiger partial charge >= 0.3 is 0 Å². The Labute approximate surface area is 96.1 Å². The molecule has 0 aliphatic rings. The number of amides is 1. The summed E-state index contributed by atoms with van der Waals surface area (Å²) in [6.07, 6.45) is 2.43.